The van der Waals surface area contributed by atoms with Gasteiger partial charge in [-0.15, -0.1) is 10.2 Å². The molecule has 0 radical (unpaired) electrons. The van der Waals surface area contributed by atoms with Crippen molar-refractivity contribution in [3.8, 4) is 11.4 Å². The first-order valence-corrected chi connectivity index (χ1v) is 9.69. The Bertz CT molecular complexity index is 765. The molecule has 1 saturated heterocycles. The summed E-state index contributed by atoms with van der Waals surface area (Å²) in [5.41, 5.74) is 1.63. The SMILES string of the molecule is Cn1nnc(-c2ccc(NC(=O)N(CC3CCC3)CC3CCCO3)cc2)n1. The first-order chi connectivity index (χ1) is 13.2. The number of hydrogen-bond acceptors (Lipinski definition) is 5. The van der Waals surface area contributed by atoms with Crippen LogP contribution in [0.4, 0.5) is 10.5 Å². The molecule has 1 aliphatic heterocycles. The number of ether oxygens (including phenoxy) is 1. The first-order valence-electron chi connectivity index (χ1n) is 9.69. The van der Waals surface area contributed by atoms with Crippen LogP contribution in [0.1, 0.15) is 32.1 Å². The monoisotopic (exact) mass is 370 g/mol. The molecule has 8 heteroatoms. The van der Waals surface area contributed by atoms with Gasteiger partial charge in [0.15, 0.2) is 0 Å². The van der Waals surface area contributed by atoms with Crippen LogP contribution in [0.25, 0.3) is 11.4 Å². The third-order valence-corrected chi connectivity index (χ3v) is 5.34. The predicted octanol–water partition coefficient (Wildman–Crippen LogP) is 2.69. The smallest absolute Gasteiger partial charge is 0.321 e. The van der Waals surface area contributed by atoms with Crippen molar-refractivity contribution in [2.75, 3.05) is 25.0 Å². The molecule has 1 unspecified atom stereocenters. The number of urea groups is 1. The molecule has 8 nitrogen and oxygen atoms in total. The number of nitrogens with zero attached hydrogens (tertiary/aromatic N) is 5. The second kappa shape index (κ2) is 8.04. The van der Waals surface area contributed by atoms with E-state index in [2.05, 4.69) is 20.7 Å². The fourth-order valence-corrected chi connectivity index (χ4v) is 3.57. The zero-order valence-corrected chi connectivity index (χ0v) is 15.7. The predicted molar refractivity (Wildman–Crippen MR) is 101 cm³/mol. The number of carbonyl (C=O) groups is 1. The van der Waals surface area contributed by atoms with E-state index >= 15 is 0 Å². The molecule has 0 bridgehead atoms. The van der Waals surface area contributed by atoms with Crippen molar-refractivity contribution in [1.82, 2.24) is 25.1 Å². The summed E-state index contributed by atoms with van der Waals surface area (Å²) < 4.78 is 5.74. The number of rotatable bonds is 6. The highest BCUT2D eigenvalue weighted by atomic mass is 16.5. The Hall–Kier alpha value is -2.48. The molecular weight excluding hydrogens is 344 g/mol. The number of anilines is 1. The highest BCUT2D eigenvalue weighted by Gasteiger charge is 2.27. The minimum atomic E-state index is -0.0530. The molecule has 2 aliphatic rings. The van der Waals surface area contributed by atoms with Crippen molar-refractivity contribution < 1.29 is 9.53 Å². The third kappa shape index (κ3) is 4.44. The van der Waals surface area contributed by atoms with Gasteiger partial charge >= 0.3 is 6.03 Å². The molecule has 27 heavy (non-hydrogen) atoms. The Labute approximate surface area is 158 Å². The van der Waals surface area contributed by atoms with Crippen LogP contribution in [0.3, 0.4) is 0 Å². The van der Waals surface area contributed by atoms with Crippen LogP contribution in [0.2, 0.25) is 0 Å². The summed E-state index contributed by atoms with van der Waals surface area (Å²) in [5, 5.41) is 15.1. The largest absolute Gasteiger partial charge is 0.376 e. The highest BCUT2D eigenvalue weighted by Crippen LogP contribution is 2.28. The van der Waals surface area contributed by atoms with Gasteiger partial charge in [0.2, 0.25) is 5.82 Å². The molecule has 1 N–H and O–H groups in total. The average Bonchev–Trinajstić information content (AvgIpc) is 3.29. The Balaban J connectivity index is 1.39. The van der Waals surface area contributed by atoms with E-state index in [4.69, 9.17) is 4.74 Å². The van der Waals surface area contributed by atoms with Crippen LogP contribution in [0.15, 0.2) is 24.3 Å². The number of carbonyl (C=O) groups excluding carboxylic acids is 1. The molecule has 4 rings (SSSR count). The Morgan fingerprint density at radius 2 is 2.04 bits per heavy atom. The minimum absolute atomic E-state index is 0.0530. The van der Waals surface area contributed by atoms with E-state index < -0.39 is 0 Å². The van der Waals surface area contributed by atoms with E-state index in [0.29, 0.717) is 18.3 Å². The Morgan fingerprint density at radius 1 is 1.22 bits per heavy atom. The van der Waals surface area contributed by atoms with E-state index in [1.807, 2.05) is 29.2 Å². The fourth-order valence-electron chi connectivity index (χ4n) is 3.57. The maximum absolute atomic E-state index is 12.9. The third-order valence-electron chi connectivity index (χ3n) is 5.34. The normalized spacial score (nSPS) is 19.7. The molecule has 1 aromatic carbocycles. The molecule has 2 amide bonds. The van der Waals surface area contributed by atoms with Crippen LogP contribution in [0.5, 0.6) is 0 Å². The van der Waals surface area contributed by atoms with Crippen molar-refractivity contribution in [3.05, 3.63) is 24.3 Å². The van der Waals surface area contributed by atoms with Crippen LogP contribution < -0.4 is 5.32 Å². The summed E-state index contributed by atoms with van der Waals surface area (Å²) in [6, 6.07) is 7.48. The number of benzene rings is 1. The summed E-state index contributed by atoms with van der Waals surface area (Å²) in [5.74, 6) is 1.20. The average molecular weight is 370 g/mol. The van der Waals surface area contributed by atoms with Gasteiger partial charge < -0.3 is 15.0 Å². The van der Waals surface area contributed by atoms with Crippen LogP contribution in [-0.2, 0) is 11.8 Å². The second-order valence-electron chi connectivity index (χ2n) is 7.45. The number of aromatic nitrogens is 4. The number of nitrogens with one attached hydrogen (secondary N) is 1. The number of amides is 2. The van der Waals surface area contributed by atoms with Crippen molar-refractivity contribution in [2.45, 2.75) is 38.2 Å². The lowest BCUT2D eigenvalue weighted by Crippen LogP contribution is -2.44. The molecule has 2 heterocycles. The van der Waals surface area contributed by atoms with Crippen molar-refractivity contribution in [1.29, 1.82) is 0 Å². The highest BCUT2D eigenvalue weighted by molar-refractivity contribution is 5.89. The van der Waals surface area contributed by atoms with E-state index in [-0.39, 0.29) is 12.1 Å². The van der Waals surface area contributed by atoms with Gasteiger partial charge in [-0.1, -0.05) is 6.42 Å². The van der Waals surface area contributed by atoms with Gasteiger partial charge in [0.1, 0.15) is 0 Å². The van der Waals surface area contributed by atoms with Gasteiger partial charge in [-0.2, -0.15) is 4.80 Å². The Morgan fingerprint density at radius 3 is 2.63 bits per heavy atom. The van der Waals surface area contributed by atoms with Crippen molar-refractivity contribution in [3.63, 3.8) is 0 Å². The second-order valence-corrected chi connectivity index (χ2v) is 7.45. The van der Waals surface area contributed by atoms with E-state index in [9.17, 15) is 4.79 Å². The van der Waals surface area contributed by atoms with Gasteiger partial charge in [0, 0.05) is 30.9 Å². The summed E-state index contributed by atoms with van der Waals surface area (Å²) in [7, 11) is 1.73. The van der Waals surface area contributed by atoms with E-state index in [0.717, 1.165) is 37.2 Å². The number of aryl methyl sites for hydroxylation is 1. The quantitative estimate of drug-likeness (QED) is 0.845. The minimum Gasteiger partial charge on any atom is -0.376 e. The van der Waals surface area contributed by atoms with Crippen LogP contribution >= 0.6 is 0 Å². The zero-order valence-electron chi connectivity index (χ0n) is 15.7. The lowest BCUT2D eigenvalue weighted by molar-refractivity contribution is 0.0748. The lowest BCUT2D eigenvalue weighted by Gasteiger charge is -2.33. The summed E-state index contributed by atoms with van der Waals surface area (Å²) >= 11 is 0. The number of hydrogen-bond donors (Lipinski definition) is 1. The van der Waals surface area contributed by atoms with Gasteiger partial charge in [-0.25, -0.2) is 4.79 Å². The summed E-state index contributed by atoms with van der Waals surface area (Å²) in [4.78, 5) is 16.2. The number of tetrazole rings is 1. The standard InChI is InChI=1S/C19H26N6O2/c1-24-22-18(21-23-24)15-7-9-16(10-8-15)20-19(26)25(12-14-4-2-5-14)13-17-6-3-11-27-17/h7-10,14,17H,2-6,11-13H2,1H3,(H,20,26). The van der Waals surface area contributed by atoms with Crippen LogP contribution in [0, 0.1) is 5.92 Å². The van der Waals surface area contributed by atoms with E-state index in [1.54, 1.807) is 7.05 Å². The molecule has 0 spiro atoms. The van der Waals surface area contributed by atoms with Gasteiger partial charge in [-0.3, -0.25) is 0 Å². The van der Waals surface area contributed by atoms with Gasteiger partial charge in [-0.05, 0) is 61.1 Å². The molecule has 2 fully saturated rings. The molecule has 1 aliphatic carbocycles. The summed E-state index contributed by atoms with van der Waals surface area (Å²) in [6.07, 6.45) is 6.00. The summed E-state index contributed by atoms with van der Waals surface area (Å²) in [6.45, 7) is 2.29. The van der Waals surface area contributed by atoms with E-state index in [1.165, 1.54) is 24.1 Å². The molecule has 1 aromatic heterocycles. The molecule has 2 aromatic rings. The molecule has 144 valence electrons. The van der Waals surface area contributed by atoms with Gasteiger partial charge in [0.25, 0.3) is 0 Å². The Kier molecular flexibility index (Phi) is 5.33. The first kappa shape index (κ1) is 17.9. The van der Waals surface area contributed by atoms with Crippen molar-refractivity contribution >= 4 is 11.7 Å². The topological polar surface area (TPSA) is 85.2 Å². The van der Waals surface area contributed by atoms with Gasteiger partial charge in [0.05, 0.1) is 13.2 Å². The van der Waals surface area contributed by atoms with Crippen molar-refractivity contribution in [2.24, 2.45) is 13.0 Å². The zero-order chi connectivity index (χ0) is 18.6. The lowest BCUT2D eigenvalue weighted by atomic mass is 9.85. The fraction of sp³-hybridized carbons (Fsp3) is 0.579. The maximum atomic E-state index is 12.9. The maximum Gasteiger partial charge on any atom is 0.321 e. The molecule has 1 saturated carbocycles. The van der Waals surface area contributed by atoms with Crippen LogP contribution in [-0.4, -0.2) is 56.9 Å². The molecular formula is C19H26N6O2. The molecule has 1 atom stereocenters.